The predicted molar refractivity (Wildman–Crippen MR) is 111 cm³/mol. The molecule has 0 atom stereocenters. The lowest BCUT2D eigenvalue weighted by Gasteiger charge is -2.18. The number of carbonyl (C=O) groups is 1. The summed E-state index contributed by atoms with van der Waals surface area (Å²) in [5.41, 5.74) is 2.09. The summed E-state index contributed by atoms with van der Waals surface area (Å²) in [5, 5.41) is 8.55. The van der Waals surface area contributed by atoms with Crippen molar-refractivity contribution in [3.05, 3.63) is 64.0 Å². The van der Waals surface area contributed by atoms with Gasteiger partial charge in [-0.25, -0.2) is 4.68 Å². The van der Waals surface area contributed by atoms with E-state index in [9.17, 15) is 9.59 Å². The zero-order chi connectivity index (χ0) is 20.2. The van der Waals surface area contributed by atoms with Gasteiger partial charge in [0.15, 0.2) is 0 Å². The maximum Gasteiger partial charge on any atom is 0.277 e. The molecule has 7 heteroatoms. The Kier molecular flexibility index (Phi) is 5.64. The molecule has 3 aromatic rings. The van der Waals surface area contributed by atoms with Gasteiger partial charge in [0.1, 0.15) is 11.0 Å². The Morgan fingerprint density at radius 3 is 2.79 bits per heavy atom. The van der Waals surface area contributed by atoms with Gasteiger partial charge in [-0.1, -0.05) is 36.6 Å². The van der Waals surface area contributed by atoms with Crippen LogP contribution < -0.4 is 11.0 Å². The lowest BCUT2D eigenvalue weighted by Crippen LogP contribution is -2.31. The van der Waals surface area contributed by atoms with Crippen LogP contribution in [0.2, 0.25) is 0 Å². The minimum atomic E-state index is -0.232. The van der Waals surface area contributed by atoms with Crippen LogP contribution in [0.1, 0.15) is 48.9 Å². The van der Waals surface area contributed by atoms with Crippen LogP contribution in [0.25, 0.3) is 10.9 Å². The first-order chi connectivity index (χ1) is 14.1. The second kappa shape index (κ2) is 8.51. The summed E-state index contributed by atoms with van der Waals surface area (Å²) >= 11 is 0. The molecule has 150 valence electrons. The molecule has 0 amide bonds. The van der Waals surface area contributed by atoms with E-state index in [0.717, 1.165) is 18.4 Å². The minimum absolute atomic E-state index is 0.110. The molecule has 0 N–H and O–H groups in total. The van der Waals surface area contributed by atoms with Crippen LogP contribution in [-0.2, 0) is 6.54 Å². The number of nitrogens with zero attached hydrogens (tertiary/aromatic N) is 5. The maximum atomic E-state index is 12.9. The lowest BCUT2D eigenvalue weighted by atomic mass is 9.96. The van der Waals surface area contributed by atoms with Crippen molar-refractivity contribution in [2.75, 3.05) is 0 Å². The number of benzene rings is 1. The highest BCUT2D eigenvalue weighted by atomic mass is 16.2. The van der Waals surface area contributed by atoms with E-state index in [1.165, 1.54) is 23.9 Å². The Bertz CT molecular complexity index is 1160. The zero-order valence-corrected chi connectivity index (χ0v) is 16.6. The van der Waals surface area contributed by atoms with Gasteiger partial charge in [-0.05, 0) is 49.6 Å². The van der Waals surface area contributed by atoms with Crippen molar-refractivity contribution in [1.82, 2.24) is 19.6 Å². The van der Waals surface area contributed by atoms with Crippen LogP contribution >= 0.6 is 0 Å². The second-order valence-electron chi connectivity index (χ2n) is 7.63. The highest BCUT2D eigenvalue weighted by molar-refractivity contribution is 5.79. The highest BCUT2D eigenvalue weighted by Crippen LogP contribution is 2.19. The first kappa shape index (κ1) is 19.2. The third kappa shape index (κ3) is 4.34. The van der Waals surface area contributed by atoms with Gasteiger partial charge >= 0.3 is 0 Å². The molecule has 0 bridgehead atoms. The van der Waals surface area contributed by atoms with Crippen molar-refractivity contribution in [3.8, 4) is 0 Å². The average molecular weight is 391 g/mol. The molecule has 7 nitrogen and oxygen atoms in total. The summed E-state index contributed by atoms with van der Waals surface area (Å²) in [6.45, 7) is 2.18. The summed E-state index contributed by atoms with van der Waals surface area (Å²) in [6, 6.07) is 11.2. The third-order valence-corrected chi connectivity index (χ3v) is 5.42. The van der Waals surface area contributed by atoms with E-state index in [1.54, 1.807) is 29.0 Å². The Morgan fingerprint density at radius 1 is 1.17 bits per heavy atom. The molecule has 4 rings (SSSR count). The number of fused-ring (bicyclic) bond motifs is 1. The number of aromatic nitrogens is 4. The summed E-state index contributed by atoms with van der Waals surface area (Å²) in [6.07, 6.45) is 7.71. The first-order valence-electron chi connectivity index (χ1n) is 10.2. The van der Waals surface area contributed by atoms with Crippen molar-refractivity contribution >= 4 is 16.8 Å². The lowest BCUT2D eigenvalue weighted by molar-refractivity contribution is 0.0888. The van der Waals surface area contributed by atoms with Crippen molar-refractivity contribution in [2.24, 2.45) is 4.99 Å². The maximum absolute atomic E-state index is 12.9. The van der Waals surface area contributed by atoms with Gasteiger partial charge in [-0.15, -0.1) is 5.10 Å². The fourth-order valence-corrected chi connectivity index (χ4v) is 3.79. The van der Waals surface area contributed by atoms with Gasteiger partial charge in [0.25, 0.3) is 5.56 Å². The van der Waals surface area contributed by atoms with Gasteiger partial charge in [-0.3, -0.25) is 19.1 Å². The van der Waals surface area contributed by atoms with E-state index >= 15 is 0 Å². The number of rotatable bonds is 4. The van der Waals surface area contributed by atoms with Crippen molar-refractivity contribution in [3.63, 3.8) is 0 Å². The molecule has 0 spiro atoms. The van der Waals surface area contributed by atoms with Crippen LogP contribution in [0.4, 0.5) is 0 Å². The molecular formula is C22H25N5O2. The summed E-state index contributed by atoms with van der Waals surface area (Å²) in [4.78, 5) is 30.3. The van der Waals surface area contributed by atoms with E-state index in [0.29, 0.717) is 16.4 Å². The summed E-state index contributed by atoms with van der Waals surface area (Å²) < 4.78 is 2.86. The van der Waals surface area contributed by atoms with E-state index in [1.807, 2.05) is 25.1 Å². The third-order valence-electron chi connectivity index (χ3n) is 5.42. The SMILES string of the molecule is Cc1ccn(C(=O)CCn2nnc3ccccc3c2=O)c(=NC2CCCCC2)c1. The molecule has 1 fully saturated rings. The van der Waals surface area contributed by atoms with Gasteiger partial charge in [0, 0.05) is 12.6 Å². The molecule has 1 aliphatic carbocycles. The molecular weight excluding hydrogens is 366 g/mol. The van der Waals surface area contributed by atoms with Gasteiger partial charge in [-0.2, -0.15) is 0 Å². The molecule has 0 radical (unpaired) electrons. The fraction of sp³-hybridized carbons (Fsp3) is 0.409. The Morgan fingerprint density at radius 2 is 1.97 bits per heavy atom. The Hall–Kier alpha value is -3.09. The molecule has 0 saturated heterocycles. The smallest absolute Gasteiger partial charge is 0.274 e. The quantitative estimate of drug-likeness (QED) is 0.685. The predicted octanol–water partition coefficient (Wildman–Crippen LogP) is 2.87. The zero-order valence-electron chi connectivity index (χ0n) is 16.6. The van der Waals surface area contributed by atoms with E-state index in [4.69, 9.17) is 4.99 Å². The van der Waals surface area contributed by atoms with Crippen LogP contribution in [0.15, 0.2) is 52.4 Å². The minimum Gasteiger partial charge on any atom is -0.274 e. The van der Waals surface area contributed by atoms with Gasteiger partial charge in [0.2, 0.25) is 5.91 Å². The van der Waals surface area contributed by atoms with Crippen LogP contribution in [0, 0.1) is 6.92 Å². The number of hydrogen-bond donors (Lipinski definition) is 0. The van der Waals surface area contributed by atoms with Crippen molar-refractivity contribution < 1.29 is 4.79 Å². The summed E-state index contributed by atoms with van der Waals surface area (Å²) in [7, 11) is 0. The van der Waals surface area contributed by atoms with Gasteiger partial charge in [0.05, 0.1) is 18.0 Å². The number of pyridine rings is 1. The molecule has 0 unspecified atom stereocenters. The average Bonchev–Trinajstić information content (AvgIpc) is 2.74. The molecule has 1 aliphatic rings. The normalized spacial score (nSPS) is 15.7. The molecule has 29 heavy (non-hydrogen) atoms. The second-order valence-corrected chi connectivity index (χ2v) is 7.63. The van der Waals surface area contributed by atoms with E-state index in [-0.39, 0.29) is 30.5 Å². The largest absolute Gasteiger partial charge is 0.277 e. The fourth-order valence-electron chi connectivity index (χ4n) is 3.79. The molecule has 1 aromatic carbocycles. The first-order valence-corrected chi connectivity index (χ1v) is 10.2. The van der Waals surface area contributed by atoms with Crippen LogP contribution in [0.5, 0.6) is 0 Å². The van der Waals surface area contributed by atoms with Crippen molar-refractivity contribution in [1.29, 1.82) is 0 Å². The van der Waals surface area contributed by atoms with Crippen LogP contribution in [-0.4, -0.2) is 31.5 Å². The highest BCUT2D eigenvalue weighted by Gasteiger charge is 2.14. The monoisotopic (exact) mass is 391 g/mol. The topological polar surface area (TPSA) is 82.1 Å². The van der Waals surface area contributed by atoms with E-state index in [2.05, 4.69) is 10.3 Å². The van der Waals surface area contributed by atoms with E-state index < -0.39 is 0 Å². The van der Waals surface area contributed by atoms with Crippen LogP contribution in [0.3, 0.4) is 0 Å². The molecule has 2 aromatic heterocycles. The number of hydrogen-bond acceptors (Lipinski definition) is 5. The number of carbonyl (C=O) groups excluding carboxylic acids is 1. The number of aryl methyl sites for hydroxylation is 2. The molecule has 1 saturated carbocycles. The standard InChI is InChI=1S/C22H25N5O2/c1-16-11-13-26(20(15-16)23-17-7-3-2-4-8-17)21(28)12-14-27-22(29)18-9-5-6-10-19(18)24-25-27/h5-6,9-11,13,15,17H,2-4,7-8,12,14H2,1H3. The molecule has 2 heterocycles. The molecule has 0 aliphatic heterocycles. The Balaban J connectivity index is 1.57. The summed E-state index contributed by atoms with van der Waals surface area (Å²) in [5.74, 6) is -0.110. The Labute approximate surface area is 168 Å². The van der Waals surface area contributed by atoms with Crippen molar-refractivity contribution in [2.45, 2.75) is 58.0 Å². The van der Waals surface area contributed by atoms with Gasteiger partial charge < -0.3 is 0 Å².